The molecule has 1 aromatic carbocycles. The third-order valence-electron chi connectivity index (χ3n) is 4.20. The van der Waals surface area contributed by atoms with Gasteiger partial charge in [-0.3, -0.25) is 4.79 Å². The second-order valence-corrected chi connectivity index (χ2v) is 5.95. The fourth-order valence-electron chi connectivity index (χ4n) is 2.71. The topological polar surface area (TPSA) is 32.3 Å². The average molecular weight is 274 g/mol. The summed E-state index contributed by atoms with van der Waals surface area (Å²) in [6, 6.07) is 7.74. The van der Waals surface area contributed by atoms with Crippen LogP contribution in [0.25, 0.3) is 0 Å². The van der Waals surface area contributed by atoms with Crippen molar-refractivity contribution in [3.8, 4) is 0 Å². The Hall–Kier alpha value is -1.35. The van der Waals surface area contributed by atoms with Crippen LogP contribution >= 0.6 is 0 Å². The summed E-state index contributed by atoms with van der Waals surface area (Å²) in [5, 5.41) is 3.02. The SMILES string of the molecule is Cc1ccccc1C(=O)NCCCN1CCC(C)CC1. The van der Waals surface area contributed by atoms with E-state index in [1.807, 2.05) is 31.2 Å². The minimum atomic E-state index is 0.0513. The summed E-state index contributed by atoms with van der Waals surface area (Å²) in [4.78, 5) is 14.5. The van der Waals surface area contributed by atoms with E-state index in [9.17, 15) is 4.79 Å². The Morgan fingerprint density at radius 3 is 2.70 bits per heavy atom. The Labute approximate surface area is 122 Å². The summed E-state index contributed by atoms with van der Waals surface area (Å²) in [5.41, 5.74) is 1.83. The quantitative estimate of drug-likeness (QED) is 0.837. The number of benzene rings is 1. The molecule has 1 aliphatic heterocycles. The number of hydrogen-bond acceptors (Lipinski definition) is 2. The highest BCUT2D eigenvalue weighted by molar-refractivity contribution is 5.95. The molecule has 0 spiro atoms. The van der Waals surface area contributed by atoms with Crippen molar-refractivity contribution < 1.29 is 4.79 Å². The molecule has 0 bridgehead atoms. The molecule has 1 saturated heterocycles. The maximum atomic E-state index is 12.0. The van der Waals surface area contributed by atoms with Crippen LogP contribution in [0, 0.1) is 12.8 Å². The lowest BCUT2D eigenvalue weighted by Gasteiger charge is -2.30. The Bertz CT molecular complexity index is 436. The monoisotopic (exact) mass is 274 g/mol. The van der Waals surface area contributed by atoms with Gasteiger partial charge in [0.1, 0.15) is 0 Å². The summed E-state index contributed by atoms with van der Waals surface area (Å²) in [5.74, 6) is 0.933. The second-order valence-electron chi connectivity index (χ2n) is 5.95. The fraction of sp³-hybridized carbons (Fsp3) is 0.588. The van der Waals surface area contributed by atoms with Crippen molar-refractivity contribution in [1.29, 1.82) is 0 Å². The van der Waals surface area contributed by atoms with Gasteiger partial charge in [0.25, 0.3) is 5.91 Å². The Morgan fingerprint density at radius 1 is 1.30 bits per heavy atom. The standard InChI is InChI=1S/C17H26N2O/c1-14-8-12-19(13-9-14)11-5-10-18-17(20)16-7-4-3-6-15(16)2/h3-4,6-7,14H,5,8-13H2,1-2H3,(H,18,20). The maximum Gasteiger partial charge on any atom is 0.251 e. The number of carbonyl (C=O) groups is 1. The third kappa shape index (κ3) is 4.34. The molecule has 1 N–H and O–H groups in total. The first-order valence-corrected chi connectivity index (χ1v) is 7.73. The molecule has 1 aromatic rings. The summed E-state index contributed by atoms with van der Waals surface area (Å²) >= 11 is 0. The number of hydrogen-bond donors (Lipinski definition) is 1. The van der Waals surface area contributed by atoms with E-state index in [1.165, 1.54) is 25.9 Å². The number of amides is 1. The van der Waals surface area contributed by atoms with E-state index in [0.29, 0.717) is 0 Å². The number of rotatable bonds is 5. The Balaban J connectivity index is 1.66. The lowest BCUT2D eigenvalue weighted by molar-refractivity contribution is 0.0950. The van der Waals surface area contributed by atoms with Crippen LogP contribution in [0.15, 0.2) is 24.3 Å². The molecule has 3 heteroatoms. The molecule has 0 saturated carbocycles. The van der Waals surface area contributed by atoms with Crippen LogP contribution in [0.5, 0.6) is 0 Å². The van der Waals surface area contributed by atoms with Crippen LogP contribution in [0.1, 0.15) is 42.1 Å². The van der Waals surface area contributed by atoms with Gasteiger partial charge in [0.05, 0.1) is 0 Å². The van der Waals surface area contributed by atoms with Gasteiger partial charge in [0.15, 0.2) is 0 Å². The molecule has 1 heterocycles. The van der Waals surface area contributed by atoms with E-state index in [2.05, 4.69) is 17.1 Å². The van der Waals surface area contributed by atoms with Gasteiger partial charge < -0.3 is 10.2 Å². The molecule has 1 amide bonds. The summed E-state index contributed by atoms with van der Waals surface area (Å²) < 4.78 is 0. The predicted octanol–water partition coefficient (Wildman–Crippen LogP) is 2.85. The highest BCUT2D eigenvalue weighted by atomic mass is 16.1. The molecule has 1 fully saturated rings. The van der Waals surface area contributed by atoms with Crippen molar-refractivity contribution in [2.45, 2.75) is 33.1 Å². The molecule has 20 heavy (non-hydrogen) atoms. The molecule has 0 unspecified atom stereocenters. The zero-order chi connectivity index (χ0) is 14.4. The van der Waals surface area contributed by atoms with Gasteiger partial charge >= 0.3 is 0 Å². The van der Waals surface area contributed by atoms with Crippen LogP contribution in [0.3, 0.4) is 0 Å². The zero-order valence-electron chi connectivity index (χ0n) is 12.7. The van der Waals surface area contributed by atoms with Crippen molar-refractivity contribution in [2.24, 2.45) is 5.92 Å². The summed E-state index contributed by atoms with van der Waals surface area (Å²) in [6.45, 7) is 8.60. The molecular weight excluding hydrogens is 248 g/mol. The molecule has 3 nitrogen and oxygen atoms in total. The lowest BCUT2D eigenvalue weighted by atomic mass is 9.99. The van der Waals surface area contributed by atoms with E-state index in [0.717, 1.165) is 36.6 Å². The van der Waals surface area contributed by atoms with Crippen LogP contribution < -0.4 is 5.32 Å². The molecule has 110 valence electrons. The van der Waals surface area contributed by atoms with Crippen molar-refractivity contribution in [3.05, 3.63) is 35.4 Å². The van der Waals surface area contributed by atoms with Crippen LogP contribution in [-0.4, -0.2) is 37.0 Å². The normalized spacial score (nSPS) is 17.1. The third-order valence-corrected chi connectivity index (χ3v) is 4.20. The summed E-state index contributed by atoms with van der Waals surface area (Å²) in [6.07, 6.45) is 3.66. The van der Waals surface area contributed by atoms with Crippen molar-refractivity contribution >= 4 is 5.91 Å². The number of aryl methyl sites for hydroxylation is 1. The number of likely N-dealkylation sites (tertiary alicyclic amines) is 1. The molecular formula is C17H26N2O. The largest absolute Gasteiger partial charge is 0.352 e. The van der Waals surface area contributed by atoms with Gasteiger partial charge in [0.2, 0.25) is 0 Å². The van der Waals surface area contributed by atoms with Crippen molar-refractivity contribution in [1.82, 2.24) is 10.2 Å². The van der Waals surface area contributed by atoms with E-state index >= 15 is 0 Å². The molecule has 0 atom stereocenters. The fourth-order valence-corrected chi connectivity index (χ4v) is 2.71. The predicted molar refractivity (Wildman–Crippen MR) is 83.0 cm³/mol. The minimum Gasteiger partial charge on any atom is -0.352 e. The zero-order valence-corrected chi connectivity index (χ0v) is 12.7. The van der Waals surface area contributed by atoms with E-state index in [-0.39, 0.29) is 5.91 Å². The molecule has 1 aliphatic rings. The van der Waals surface area contributed by atoms with Crippen LogP contribution in [0.2, 0.25) is 0 Å². The van der Waals surface area contributed by atoms with Gasteiger partial charge in [-0.05, 0) is 63.4 Å². The molecule has 0 radical (unpaired) electrons. The first kappa shape index (κ1) is 15.0. The lowest BCUT2D eigenvalue weighted by Crippen LogP contribution is -2.35. The van der Waals surface area contributed by atoms with Gasteiger partial charge in [-0.15, -0.1) is 0 Å². The smallest absolute Gasteiger partial charge is 0.251 e. The Kier molecular flexibility index (Phi) is 5.60. The number of nitrogens with one attached hydrogen (secondary N) is 1. The highest BCUT2D eigenvalue weighted by Crippen LogP contribution is 2.15. The molecule has 0 aromatic heterocycles. The van der Waals surface area contributed by atoms with Crippen LogP contribution in [0.4, 0.5) is 0 Å². The van der Waals surface area contributed by atoms with Gasteiger partial charge in [-0.25, -0.2) is 0 Å². The average Bonchev–Trinajstić information content (AvgIpc) is 2.46. The summed E-state index contributed by atoms with van der Waals surface area (Å²) in [7, 11) is 0. The first-order valence-electron chi connectivity index (χ1n) is 7.73. The van der Waals surface area contributed by atoms with Crippen molar-refractivity contribution in [3.63, 3.8) is 0 Å². The van der Waals surface area contributed by atoms with E-state index < -0.39 is 0 Å². The van der Waals surface area contributed by atoms with Crippen molar-refractivity contribution in [2.75, 3.05) is 26.2 Å². The molecule has 2 rings (SSSR count). The number of carbonyl (C=O) groups excluding carboxylic acids is 1. The van der Waals surface area contributed by atoms with Gasteiger partial charge in [-0.2, -0.15) is 0 Å². The first-order chi connectivity index (χ1) is 9.66. The van der Waals surface area contributed by atoms with E-state index in [4.69, 9.17) is 0 Å². The molecule has 0 aliphatic carbocycles. The van der Waals surface area contributed by atoms with E-state index in [1.54, 1.807) is 0 Å². The Morgan fingerprint density at radius 2 is 2.00 bits per heavy atom. The second kappa shape index (κ2) is 7.44. The number of nitrogens with zero attached hydrogens (tertiary/aromatic N) is 1. The van der Waals surface area contributed by atoms with Gasteiger partial charge in [0, 0.05) is 12.1 Å². The number of piperidine rings is 1. The van der Waals surface area contributed by atoms with Crippen LogP contribution in [-0.2, 0) is 0 Å². The highest BCUT2D eigenvalue weighted by Gasteiger charge is 2.15. The maximum absolute atomic E-state index is 12.0. The minimum absolute atomic E-state index is 0.0513. The van der Waals surface area contributed by atoms with Gasteiger partial charge in [-0.1, -0.05) is 25.1 Å².